The first-order valence-electron chi connectivity index (χ1n) is 8.30. The van der Waals surface area contributed by atoms with E-state index in [1.807, 2.05) is 24.4 Å². The molecule has 0 aliphatic carbocycles. The van der Waals surface area contributed by atoms with E-state index in [-0.39, 0.29) is 24.3 Å². The van der Waals surface area contributed by atoms with Crippen LogP contribution in [0.15, 0.2) is 59.4 Å². The van der Waals surface area contributed by atoms with Crippen LogP contribution in [0.4, 0.5) is 5.82 Å². The van der Waals surface area contributed by atoms with Gasteiger partial charge in [0.1, 0.15) is 5.82 Å². The molecule has 0 bridgehead atoms. The number of thiophene rings is 1. The Labute approximate surface area is 155 Å². The Kier molecular flexibility index (Phi) is 5.80. The van der Waals surface area contributed by atoms with Gasteiger partial charge in [-0.1, -0.05) is 18.2 Å². The van der Waals surface area contributed by atoms with Crippen molar-refractivity contribution >= 4 is 29.0 Å². The smallest absolute Gasteiger partial charge is 0.251 e. The Balaban J connectivity index is 1.52. The van der Waals surface area contributed by atoms with Gasteiger partial charge in [-0.25, -0.2) is 4.68 Å². The van der Waals surface area contributed by atoms with Crippen LogP contribution in [0.25, 0.3) is 0 Å². The molecule has 0 aliphatic heterocycles. The third kappa shape index (κ3) is 4.80. The second-order valence-corrected chi connectivity index (χ2v) is 6.78. The zero-order chi connectivity index (χ0) is 18.4. The van der Waals surface area contributed by atoms with E-state index >= 15 is 0 Å². The molecule has 0 saturated carbocycles. The normalized spacial score (nSPS) is 11.7. The van der Waals surface area contributed by atoms with Crippen molar-refractivity contribution in [3.05, 3.63) is 70.5 Å². The maximum absolute atomic E-state index is 12.3. The van der Waals surface area contributed by atoms with Crippen LogP contribution in [0.5, 0.6) is 0 Å². The van der Waals surface area contributed by atoms with Gasteiger partial charge in [0.25, 0.3) is 5.91 Å². The number of carbonyl (C=O) groups is 2. The minimum absolute atomic E-state index is 0.169. The maximum atomic E-state index is 12.3. The molecule has 2 amide bonds. The summed E-state index contributed by atoms with van der Waals surface area (Å²) in [6.07, 6.45) is 1.84. The van der Waals surface area contributed by atoms with E-state index in [1.165, 1.54) is 0 Å². The molecule has 3 rings (SSSR count). The average molecular weight is 368 g/mol. The number of anilines is 1. The fourth-order valence-corrected chi connectivity index (χ4v) is 3.20. The van der Waals surface area contributed by atoms with Crippen LogP contribution >= 0.6 is 11.3 Å². The summed E-state index contributed by atoms with van der Waals surface area (Å²) >= 11 is 1.62. The van der Waals surface area contributed by atoms with Gasteiger partial charge in [-0.15, -0.1) is 0 Å². The van der Waals surface area contributed by atoms with E-state index in [4.69, 9.17) is 0 Å². The average Bonchev–Trinajstić information content (AvgIpc) is 3.28. The molecule has 1 aromatic carbocycles. The van der Waals surface area contributed by atoms with Crippen LogP contribution in [0.2, 0.25) is 0 Å². The molecule has 26 heavy (non-hydrogen) atoms. The third-order valence-electron chi connectivity index (χ3n) is 3.80. The van der Waals surface area contributed by atoms with Gasteiger partial charge >= 0.3 is 0 Å². The molecule has 2 aromatic heterocycles. The van der Waals surface area contributed by atoms with E-state index in [0.717, 1.165) is 5.56 Å². The Bertz CT molecular complexity index is 859. The molecule has 0 saturated heterocycles. The first-order chi connectivity index (χ1) is 12.6. The lowest BCUT2D eigenvalue weighted by molar-refractivity contribution is -0.116. The van der Waals surface area contributed by atoms with Gasteiger partial charge in [0.2, 0.25) is 5.91 Å². The molecule has 0 unspecified atom stereocenters. The number of carbonyl (C=O) groups excluding carboxylic acids is 2. The number of hydrogen-bond acceptors (Lipinski definition) is 4. The van der Waals surface area contributed by atoms with Crippen molar-refractivity contribution in [1.82, 2.24) is 15.1 Å². The number of hydrogen-bond donors (Lipinski definition) is 2. The fourth-order valence-electron chi connectivity index (χ4n) is 2.54. The SMILES string of the molecule is C[C@H](CC(=O)Nc1ccnn1Cc1ccsc1)NC(=O)c1ccccc1. The minimum atomic E-state index is -0.282. The topological polar surface area (TPSA) is 76.0 Å². The van der Waals surface area contributed by atoms with Gasteiger partial charge in [0.15, 0.2) is 0 Å². The zero-order valence-electron chi connectivity index (χ0n) is 14.4. The number of benzene rings is 1. The first kappa shape index (κ1) is 17.9. The number of nitrogens with one attached hydrogen (secondary N) is 2. The minimum Gasteiger partial charge on any atom is -0.349 e. The van der Waals surface area contributed by atoms with E-state index in [2.05, 4.69) is 21.1 Å². The summed E-state index contributed by atoms with van der Waals surface area (Å²) in [5, 5.41) is 14.0. The third-order valence-corrected chi connectivity index (χ3v) is 4.53. The fraction of sp³-hybridized carbons (Fsp3) is 0.211. The van der Waals surface area contributed by atoms with Crippen LogP contribution in [-0.2, 0) is 11.3 Å². The van der Waals surface area contributed by atoms with Gasteiger partial charge in [-0.2, -0.15) is 16.4 Å². The van der Waals surface area contributed by atoms with E-state index in [1.54, 1.807) is 52.5 Å². The predicted octanol–water partition coefficient (Wildman–Crippen LogP) is 3.14. The van der Waals surface area contributed by atoms with Crippen molar-refractivity contribution in [2.45, 2.75) is 25.9 Å². The van der Waals surface area contributed by atoms with Gasteiger partial charge in [0, 0.05) is 24.1 Å². The van der Waals surface area contributed by atoms with E-state index in [0.29, 0.717) is 17.9 Å². The van der Waals surface area contributed by atoms with Gasteiger partial charge in [-0.3, -0.25) is 9.59 Å². The molecule has 1 atom stereocenters. The standard InChI is InChI=1S/C19H20N4O2S/c1-14(21-19(25)16-5-3-2-4-6-16)11-18(24)22-17-7-9-20-23(17)12-15-8-10-26-13-15/h2-10,13-14H,11-12H2,1H3,(H,21,25)(H,22,24)/t14-/m1/s1. The summed E-state index contributed by atoms with van der Waals surface area (Å²) in [5.74, 6) is 0.286. The lowest BCUT2D eigenvalue weighted by Crippen LogP contribution is -2.35. The molecule has 2 heterocycles. The van der Waals surface area contributed by atoms with Crippen LogP contribution < -0.4 is 10.6 Å². The highest BCUT2D eigenvalue weighted by molar-refractivity contribution is 7.07. The molecule has 0 aliphatic rings. The molecular weight excluding hydrogens is 348 g/mol. The lowest BCUT2D eigenvalue weighted by atomic mass is 10.1. The largest absolute Gasteiger partial charge is 0.349 e. The molecule has 2 N–H and O–H groups in total. The highest BCUT2D eigenvalue weighted by Crippen LogP contribution is 2.13. The van der Waals surface area contributed by atoms with Gasteiger partial charge in [0.05, 0.1) is 12.7 Å². The highest BCUT2D eigenvalue weighted by atomic mass is 32.1. The summed E-state index contributed by atoms with van der Waals surface area (Å²) in [4.78, 5) is 24.4. The van der Waals surface area contributed by atoms with E-state index < -0.39 is 0 Å². The van der Waals surface area contributed by atoms with E-state index in [9.17, 15) is 9.59 Å². The second-order valence-electron chi connectivity index (χ2n) is 6.00. The summed E-state index contributed by atoms with van der Waals surface area (Å²) in [6.45, 7) is 2.41. The van der Waals surface area contributed by atoms with Crippen molar-refractivity contribution in [3.8, 4) is 0 Å². The summed E-state index contributed by atoms with van der Waals surface area (Å²) < 4.78 is 1.74. The lowest BCUT2D eigenvalue weighted by Gasteiger charge is -2.14. The second kappa shape index (κ2) is 8.44. The summed E-state index contributed by atoms with van der Waals surface area (Å²) in [7, 11) is 0. The number of nitrogens with zero attached hydrogens (tertiary/aromatic N) is 2. The molecule has 0 fully saturated rings. The predicted molar refractivity (Wildman–Crippen MR) is 102 cm³/mol. The van der Waals surface area contributed by atoms with Crippen LogP contribution in [0.3, 0.4) is 0 Å². The summed E-state index contributed by atoms with van der Waals surface area (Å²) in [5.41, 5.74) is 1.71. The van der Waals surface area contributed by atoms with Crippen LogP contribution in [0.1, 0.15) is 29.3 Å². The Morgan fingerprint density at radius 2 is 2.00 bits per heavy atom. The Morgan fingerprint density at radius 1 is 1.19 bits per heavy atom. The molecular formula is C19H20N4O2S. The number of aromatic nitrogens is 2. The maximum Gasteiger partial charge on any atom is 0.251 e. The van der Waals surface area contributed by atoms with Crippen molar-refractivity contribution < 1.29 is 9.59 Å². The van der Waals surface area contributed by atoms with Crippen LogP contribution in [0, 0.1) is 0 Å². The zero-order valence-corrected chi connectivity index (χ0v) is 15.2. The van der Waals surface area contributed by atoms with Crippen LogP contribution in [-0.4, -0.2) is 27.6 Å². The highest BCUT2D eigenvalue weighted by Gasteiger charge is 2.14. The van der Waals surface area contributed by atoms with Gasteiger partial charge < -0.3 is 10.6 Å². The molecule has 3 aromatic rings. The Hall–Kier alpha value is -2.93. The number of rotatable bonds is 7. The first-order valence-corrected chi connectivity index (χ1v) is 9.25. The van der Waals surface area contributed by atoms with Crippen molar-refractivity contribution in [3.63, 3.8) is 0 Å². The van der Waals surface area contributed by atoms with Gasteiger partial charge in [-0.05, 0) is 41.4 Å². The molecule has 134 valence electrons. The van der Waals surface area contributed by atoms with Crippen molar-refractivity contribution in [2.75, 3.05) is 5.32 Å². The quantitative estimate of drug-likeness (QED) is 0.673. The molecule has 0 radical (unpaired) electrons. The monoisotopic (exact) mass is 368 g/mol. The molecule has 7 heteroatoms. The summed E-state index contributed by atoms with van der Waals surface area (Å²) in [6, 6.07) is 12.5. The molecule has 6 nitrogen and oxygen atoms in total. The number of amides is 2. The van der Waals surface area contributed by atoms with Crippen molar-refractivity contribution in [2.24, 2.45) is 0 Å². The van der Waals surface area contributed by atoms with Crippen molar-refractivity contribution in [1.29, 1.82) is 0 Å². The molecule has 0 spiro atoms. The Morgan fingerprint density at radius 3 is 2.73 bits per heavy atom.